The molecule has 0 aliphatic heterocycles. The van der Waals surface area contributed by atoms with Gasteiger partial charge < -0.3 is 20.1 Å². The molecule has 4 nitrogen and oxygen atoms in total. The maximum Gasteiger partial charge on any atom is 0.142 e. The number of ether oxygens (including phenoxy) is 2. The Labute approximate surface area is 131 Å². The first-order valence-corrected chi connectivity index (χ1v) is 7.53. The maximum absolute atomic E-state index is 12.5. The fraction of sp³-hybridized carbons (Fsp3) is 0.625. The molecule has 0 heterocycles. The highest BCUT2D eigenvalue weighted by atomic mass is 19.1. The van der Waals surface area contributed by atoms with Crippen molar-refractivity contribution in [3.8, 4) is 11.5 Å². The van der Waals surface area contributed by atoms with Gasteiger partial charge in [0, 0.05) is 19.2 Å². The van der Waals surface area contributed by atoms with Crippen LogP contribution in [0.1, 0.15) is 18.4 Å². The first kappa shape index (κ1) is 18.5. The number of alkyl halides is 2. The lowest BCUT2D eigenvalue weighted by Crippen LogP contribution is -2.27. The topological polar surface area (TPSA) is 47.7 Å². The highest BCUT2D eigenvalue weighted by molar-refractivity contribution is 5.64. The van der Waals surface area contributed by atoms with Gasteiger partial charge in [0.05, 0.1) is 33.3 Å². The maximum atomic E-state index is 12.5. The second-order valence-electron chi connectivity index (χ2n) is 4.95. The number of rotatable bonds is 11. The fourth-order valence-corrected chi connectivity index (χ4v) is 2.40. The molecule has 6 heteroatoms. The van der Waals surface area contributed by atoms with Crippen LogP contribution in [-0.4, -0.2) is 47.2 Å². The lowest BCUT2D eigenvalue weighted by molar-refractivity contribution is 0.397. The van der Waals surface area contributed by atoms with Crippen LogP contribution in [0.5, 0.6) is 11.5 Å². The van der Waals surface area contributed by atoms with E-state index in [1.807, 2.05) is 17.0 Å². The van der Waals surface area contributed by atoms with Crippen LogP contribution in [-0.2, 0) is 6.42 Å². The lowest BCUT2D eigenvalue weighted by atomic mass is 10.1. The second kappa shape index (κ2) is 10.2. The van der Waals surface area contributed by atoms with E-state index >= 15 is 0 Å². The Bertz CT molecular complexity index is 436. The van der Waals surface area contributed by atoms with Crippen LogP contribution in [0.3, 0.4) is 0 Å². The molecule has 0 atom stereocenters. The predicted molar refractivity (Wildman–Crippen MR) is 85.7 cm³/mol. The molecule has 0 radical (unpaired) electrons. The zero-order chi connectivity index (χ0) is 16.4. The number of nitrogens with two attached hydrogens (primary N) is 1. The summed E-state index contributed by atoms with van der Waals surface area (Å²) in [6, 6.07) is 3.75. The number of methoxy groups -OCH3 is 2. The fourth-order valence-electron chi connectivity index (χ4n) is 2.40. The molecule has 22 heavy (non-hydrogen) atoms. The highest BCUT2D eigenvalue weighted by Gasteiger charge is 2.16. The van der Waals surface area contributed by atoms with E-state index in [2.05, 4.69) is 0 Å². The Morgan fingerprint density at radius 3 is 2.05 bits per heavy atom. The third kappa shape index (κ3) is 5.02. The van der Waals surface area contributed by atoms with Crippen molar-refractivity contribution in [2.24, 2.45) is 5.73 Å². The molecule has 0 bridgehead atoms. The summed E-state index contributed by atoms with van der Waals surface area (Å²) in [4.78, 5) is 1.94. The quantitative estimate of drug-likeness (QED) is 0.682. The Hall–Kier alpha value is -1.56. The van der Waals surface area contributed by atoms with Gasteiger partial charge in [0.25, 0.3) is 0 Å². The molecule has 1 aromatic carbocycles. The van der Waals surface area contributed by atoms with Crippen LogP contribution < -0.4 is 20.1 Å². The Morgan fingerprint density at radius 1 is 1.00 bits per heavy atom. The molecule has 126 valence electrons. The predicted octanol–water partition coefficient (Wildman–Crippen LogP) is 2.73. The normalized spacial score (nSPS) is 10.6. The molecule has 1 aromatic rings. The molecular formula is C16H26F2N2O2. The van der Waals surface area contributed by atoms with Crippen LogP contribution in [0.4, 0.5) is 14.5 Å². The van der Waals surface area contributed by atoms with Gasteiger partial charge in [-0.05, 0) is 37.4 Å². The molecule has 0 spiro atoms. The summed E-state index contributed by atoms with van der Waals surface area (Å²) < 4.78 is 35.9. The van der Waals surface area contributed by atoms with Crippen LogP contribution in [0.2, 0.25) is 0 Å². The third-order valence-electron chi connectivity index (χ3n) is 3.46. The van der Waals surface area contributed by atoms with Crippen LogP contribution in [0.25, 0.3) is 0 Å². The monoisotopic (exact) mass is 316 g/mol. The molecule has 0 aliphatic rings. The smallest absolute Gasteiger partial charge is 0.142 e. The molecule has 0 amide bonds. The van der Waals surface area contributed by atoms with E-state index in [-0.39, 0.29) is 0 Å². The zero-order valence-corrected chi connectivity index (χ0v) is 13.4. The van der Waals surface area contributed by atoms with Gasteiger partial charge in [0.1, 0.15) is 11.5 Å². The minimum Gasteiger partial charge on any atom is -0.496 e. The number of hydrogen-bond acceptors (Lipinski definition) is 4. The standard InChI is InChI=1S/C16H26F2N2O2/c1-21-15-12-14(16(22-2)11-13(15)5-8-19)20(9-3-6-17)10-4-7-18/h11-12H,3-10,19H2,1-2H3. The van der Waals surface area contributed by atoms with Gasteiger partial charge in [0.2, 0.25) is 0 Å². The van der Waals surface area contributed by atoms with Gasteiger partial charge in [-0.15, -0.1) is 0 Å². The van der Waals surface area contributed by atoms with E-state index in [1.165, 1.54) is 0 Å². The number of hydrogen-bond donors (Lipinski definition) is 1. The van der Waals surface area contributed by atoms with Crippen molar-refractivity contribution < 1.29 is 18.3 Å². The largest absolute Gasteiger partial charge is 0.496 e. The Morgan fingerprint density at radius 2 is 1.59 bits per heavy atom. The van der Waals surface area contributed by atoms with Gasteiger partial charge in [-0.3, -0.25) is 8.78 Å². The molecule has 1 rings (SSSR count). The van der Waals surface area contributed by atoms with Crippen molar-refractivity contribution in [1.29, 1.82) is 0 Å². The van der Waals surface area contributed by atoms with Crippen molar-refractivity contribution >= 4 is 5.69 Å². The number of anilines is 1. The van der Waals surface area contributed by atoms with Crippen molar-refractivity contribution in [2.45, 2.75) is 19.3 Å². The average Bonchev–Trinajstić information content (AvgIpc) is 2.55. The number of nitrogens with zero attached hydrogens (tertiary/aromatic N) is 1. The lowest BCUT2D eigenvalue weighted by Gasteiger charge is -2.27. The molecule has 0 fully saturated rings. The average molecular weight is 316 g/mol. The summed E-state index contributed by atoms with van der Waals surface area (Å²) in [5, 5.41) is 0. The Kier molecular flexibility index (Phi) is 8.58. The summed E-state index contributed by atoms with van der Waals surface area (Å²) in [7, 11) is 3.18. The van der Waals surface area contributed by atoms with E-state index < -0.39 is 13.3 Å². The molecule has 0 aromatic heterocycles. The van der Waals surface area contributed by atoms with Gasteiger partial charge in [0.15, 0.2) is 0 Å². The van der Waals surface area contributed by atoms with E-state index in [0.717, 1.165) is 11.3 Å². The van der Waals surface area contributed by atoms with Gasteiger partial charge >= 0.3 is 0 Å². The van der Waals surface area contributed by atoms with E-state index in [4.69, 9.17) is 15.2 Å². The van der Waals surface area contributed by atoms with Gasteiger partial charge in [-0.25, -0.2) is 0 Å². The summed E-state index contributed by atoms with van der Waals surface area (Å²) in [5.74, 6) is 1.38. The van der Waals surface area contributed by atoms with Crippen molar-refractivity contribution in [3.63, 3.8) is 0 Å². The van der Waals surface area contributed by atoms with Crippen LogP contribution >= 0.6 is 0 Å². The first-order valence-electron chi connectivity index (χ1n) is 7.53. The van der Waals surface area contributed by atoms with Gasteiger partial charge in [-0.2, -0.15) is 0 Å². The summed E-state index contributed by atoms with van der Waals surface area (Å²) >= 11 is 0. The first-order chi connectivity index (χ1) is 10.7. The Balaban J connectivity index is 3.15. The molecular weight excluding hydrogens is 290 g/mol. The van der Waals surface area contributed by atoms with E-state index in [1.54, 1.807) is 14.2 Å². The molecule has 2 N–H and O–H groups in total. The van der Waals surface area contributed by atoms with Crippen molar-refractivity contribution in [1.82, 2.24) is 0 Å². The SMILES string of the molecule is COc1cc(N(CCCF)CCCF)c(OC)cc1CCN. The molecule has 0 unspecified atom stereocenters. The summed E-state index contributed by atoms with van der Waals surface area (Å²) in [6.07, 6.45) is 1.46. The minimum atomic E-state index is -0.406. The number of halogens is 2. The zero-order valence-electron chi connectivity index (χ0n) is 13.4. The van der Waals surface area contributed by atoms with Gasteiger partial charge in [-0.1, -0.05) is 0 Å². The highest BCUT2D eigenvalue weighted by Crippen LogP contribution is 2.36. The third-order valence-corrected chi connectivity index (χ3v) is 3.46. The van der Waals surface area contributed by atoms with Crippen molar-refractivity contribution in [3.05, 3.63) is 17.7 Å². The van der Waals surface area contributed by atoms with Crippen LogP contribution in [0.15, 0.2) is 12.1 Å². The van der Waals surface area contributed by atoms with E-state index in [0.29, 0.717) is 50.4 Å². The van der Waals surface area contributed by atoms with E-state index in [9.17, 15) is 8.78 Å². The van der Waals surface area contributed by atoms with Crippen molar-refractivity contribution in [2.75, 3.05) is 52.1 Å². The molecule has 0 saturated heterocycles. The number of benzene rings is 1. The summed E-state index contributed by atoms with van der Waals surface area (Å²) in [6.45, 7) is 0.707. The minimum absolute atomic E-state index is 0.391. The summed E-state index contributed by atoms with van der Waals surface area (Å²) in [5.41, 5.74) is 7.37. The van der Waals surface area contributed by atoms with Crippen LogP contribution in [0, 0.1) is 0 Å². The molecule has 0 aliphatic carbocycles. The molecule has 0 saturated carbocycles. The second-order valence-corrected chi connectivity index (χ2v) is 4.95.